The summed E-state index contributed by atoms with van der Waals surface area (Å²) in [6.45, 7) is 12.1. The third-order valence-electron chi connectivity index (χ3n) is 16.6. The molecule has 0 saturated carbocycles. The molecule has 5 aromatic carbocycles. The van der Waals surface area contributed by atoms with Gasteiger partial charge in [0, 0.05) is 110 Å². The van der Waals surface area contributed by atoms with Gasteiger partial charge < -0.3 is 111 Å². The zero-order valence-corrected chi connectivity index (χ0v) is 93.6. The maximum atomic E-state index is 14.1. The standard InChI is InChI=1S/C16H25F2O6P.C15H21F2O8P.C15H22F2O6P.C15H21F2O5P.C14H19F2O6P.C2H6S.C2H6.CH4.8CH3.3Al.H2O3/c1-12(20-2)8-10-24-14-7-6-13(15(17)16(14)18)23-9-5-11-25(19,21-3)22-4;1-19-26(18,20-2)9-3-7-21-11-4-5-12(15(17)14(11)16)22-8-6-13-23-10-24-25-13;1-11(18)7-9-23-13-6-5-12(14(16)15(13)17)22-8-4-10-24(19,20-2)21-3;1-4-5-9-21-12-7-8-13(15(17)14(12)16)22-10-6-11-23(18,19-2)20-3;1-19-23(18,20-2)10-4-9-22-12-6-5-11(13(15)14(12)16)21-8-3-7-17;1-3-2;1-2;;;;;;;;;;;;;1-3-2/h6-7,12H,5,8-11H2,1-4H3;4-5,13H,3,6-10H2,1-2H3;5-6,11H,4,7-10H2,1-3H3;4,7-8H,1,5-6,9-11H2,2-3H3;5-7H,3-4,8-10H2,1-2H3;1-2H3;1-2H3;1H4;8*1H3;;;;1-2H/q;;-1;;;;;;;;;;;;;;;;+1;. The fraction of sp³-hybridized carbons (Fsp3) is 0.625. The second kappa shape index (κ2) is 86.1. The van der Waals surface area contributed by atoms with E-state index < -0.39 is 117 Å². The first-order valence-corrected chi connectivity index (χ1v) is 64.0. The Labute approximate surface area is 843 Å². The molecule has 5 aromatic rings. The van der Waals surface area contributed by atoms with Crippen molar-refractivity contribution in [2.75, 3.05) is 194 Å². The Kier molecular flexibility index (Phi) is 88.3. The van der Waals surface area contributed by atoms with Crippen molar-refractivity contribution in [3.05, 3.63) is 131 Å². The molecule has 3 unspecified atom stereocenters. The fourth-order valence-electron chi connectivity index (χ4n) is 9.59. The third kappa shape index (κ3) is 65.6. The molecule has 1 heterocycles. The van der Waals surface area contributed by atoms with Gasteiger partial charge in [0.15, 0.2) is 70.6 Å². The molecule has 3 atom stereocenters. The first-order chi connectivity index (χ1) is 66.3. The largest absolute Gasteiger partial charge is 0.499 e. The monoisotopic (exact) mass is 2210 g/mol. The van der Waals surface area contributed by atoms with Crippen LogP contribution in [0.25, 0.3) is 0 Å². The number of halogens is 10. The lowest BCUT2D eigenvalue weighted by molar-refractivity contribution is -0.465. The van der Waals surface area contributed by atoms with Gasteiger partial charge in [-0.15, -0.1) is 41.3 Å². The zero-order chi connectivity index (χ0) is 107. The van der Waals surface area contributed by atoms with Crippen molar-refractivity contribution in [2.45, 2.75) is 164 Å². The minimum atomic E-state index is -3.15. The molecule has 1 aliphatic heterocycles. The van der Waals surface area contributed by atoms with Crippen molar-refractivity contribution in [1.82, 2.24) is 0 Å². The van der Waals surface area contributed by atoms with Crippen LogP contribution in [0.15, 0.2) is 73.3 Å². The highest BCUT2D eigenvalue weighted by Crippen LogP contribution is 2.50. The van der Waals surface area contributed by atoms with Crippen LogP contribution >= 0.6 is 49.7 Å². The van der Waals surface area contributed by atoms with E-state index in [1.807, 2.05) is 40.2 Å². The average Bonchev–Trinajstić information content (AvgIpc) is 1.24. The number of ether oxygens (including phenoxy) is 12. The number of methoxy groups -OCH3 is 1. The Balaban J connectivity index is -0.000000524. The van der Waals surface area contributed by atoms with E-state index >= 15 is 0 Å². The first kappa shape index (κ1) is 145. The second-order valence-corrected chi connectivity index (χ2v) is 51.6. The van der Waals surface area contributed by atoms with E-state index in [-0.39, 0.29) is 228 Å². The number of rotatable bonds is 58. The highest BCUT2D eigenvalue weighted by molar-refractivity contribution is 7.97. The van der Waals surface area contributed by atoms with Gasteiger partial charge in [-0.25, -0.2) is 20.3 Å². The molecular weight excluding hydrogens is 2060 g/mol. The number of hydrogen-bond donors (Lipinski definition) is 2. The second-order valence-electron chi connectivity index (χ2n) is 29.5. The van der Waals surface area contributed by atoms with Gasteiger partial charge in [0.2, 0.25) is 58.2 Å². The van der Waals surface area contributed by atoms with Gasteiger partial charge in [0.25, 0.3) is 28.3 Å². The summed E-state index contributed by atoms with van der Waals surface area (Å²) in [7, 11) is -1.33. The summed E-state index contributed by atoms with van der Waals surface area (Å²) in [4.78, 5) is 19.4. The topological polar surface area (TPSA) is 383 Å². The van der Waals surface area contributed by atoms with Gasteiger partial charge in [0.05, 0.1) is 103 Å². The summed E-state index contributed by atoms with van der Waals surface area (Å²) < 4.78 is 314. The number of thioether (sulfide) groups is 1. The number of hydrogen-bond acceptors (Lipinski definition) is 35. The molecule has 0 amide bonds. The van der Waals surface area contributed by atoms with E-state index in [0.717, 1.165) is 0 Å². The maximum Gasteiger partial charge on any atom is 0.454 e. The smallest absolute Gasteiger partial charge is 0.454 e. The highest BCUT2D eigenvalue weighted by atomic mass is 32.2. The molecule has 0 radical (unpaired) electrons. The summed E-state index contributed by atoms with van der Waals surface area (Å²) in [6, 6.07) is 12.8. The fourth-order valence-corrected chi connectivity index (χ4v) is 15.8. The van der Waals surface area contributed by atoms with Crippen LogP contribution in [0.4, 0.5) is 43.9 Å². The molecule has 816 valence electrons. The van der Waals surface area contributed by atoms with Crippen LogP contribution in [0.3, 0.4) is 0 Å². The van der Waals surface area contributed by atoms with Crippen LogP contribution in [0.5, 0.6) is 57.5 Å². The molecule has 1 aliphatic rings. The van der Waals surface area contributed by atoms with Gasteiger partial charge >= 0.3 is 52.5 Å². The quantitative estimate of drug-likeness (QED) is 0.00533. The number of benzene rings is 5. The predicted molar refractivity (Wildman–Crippen MR) is 529 cm³/mol. The number of aldehydes is 1. The Bertz CT molecular complexity index is 4200. The maximum absolute atomic E-state index is 14.1. The lowest BCUT2D eigenvalue weighted by atomic mass is 10.3. The molecule has 0 aliphatic carbocycles. The number of carbonyl (C=O) groups excluding carboxylic acids is 1. The predicted octanol–water partition coefficient (Wildman–Crippen LogP) is 24.6. The number of carbonyl (C=O) groups is 1. The van der Waals surface area contributed by atoms with Crippen molar-refractivity contribution in [1.29, 1.82) is 0 Å². The molecular formula is C88H150Al3F10O34P5S. The Morgan fingerprint density at radius 3 is 0.766 bits per heavy atom. The minimum absolute atomic E-state index is 0. The van der Waals surface area contributed by atoms with Crippen molar-refractivity contribution >= 4 is 98.8 Å². The normalized spacial score (nSPS) is 12.3. The van der Waals surface area contributed by atoms with Gasteiger partial charge in [-0.3, -0.25) is 22.8 Å². The van der Waals surface area contributed by atoms with Crippen molar-refractivity contribution < 1.29 is 203 Å². The first-order valence-electron chi connectivity index (χ1n) is 44.0. The molecule has 34 nitrogen and oxygen atoms in total. The van der Waals surface area contributed by atoms with E-state index in [1.165, 1.54) is 132 Å². The molecule has 2 N–H and O–H groups in total. The molecule has 141 heavy (non-hydrogen) atoms. The molecule has 53 heteroatoms. The summed E-state index contributed by atoms with van der Waals surface area (Å²) in [5.74, 6) is 4.26. The minimum Gasteiger partial charge on any atom is -0.499 e. The van der Waals surface area contributed by atoms with Crippen molar-refractivity contribution in [3.63, 3.8) is 0 Å². The van der Waals surface area contributed by atoms with Crippen LogP contribution < -0.4 is 47.4 Å². The molecule has 0 spiro atoms. The van der Waals surface area contributed by atoms with Crippen LogP contribution in [-0.2, 0) is 101 Å². The Hall–Kier alpha value is -4.81. The van der Waals surface area contributed by atoms with E-state index in [9.17, 15) is 71.5 Å². The average molecular weight is 2210 g/mol. The molecule has 1 saturated heterocycles. The van der Waals surface area contributed by atoms with E-state index in [4.69, 9.17) is 121 Å². The summed E-state index contributed by atoms with van der Waals surface area (Å²) in [6.07, 6.45) is 9.73. The van der Waals surface area contributed by atoms with Crippen LogP contribution in [0.2, 0.25) is 46.3 Å². The Morgan fingerprint density at radius 2 is 0.582 bits per heavy atom. The van der Waals surface area contributed by atoms with Gasteiger partial charge in [-0.05, 0) is 126 Å². The highest BCUT2D eigenvalue weighted by Gasteiger charge is 2.29. The van der Waals surface area contributed by atoms with Crippen molar-refractivity contribution in [2.24, 2.45) is 0 Å². The van der Waals surface area contributed by atoms with Gasteiger partial charge in [0.1, 0.15) is 6.29 Å². The summed E-state index contributed by atoms with van der Waals surface area (Å²) in [5, 5.41) is 15.5. The lowest BCUT2D eigenvalue weighted by Crippen LogP contribution is -2.20. The van der Waals surface area contributed by atoms with Crippen molar-refractivity contribution in [3.8, 4) is 57.5 Å². The molecule has 6 rings (SSSR count). The van der Waals surface area contributed by atoms with Crippen LogP contribution in [0.1, 0.15) is 99.3 Å². The van der Waals surface area contributed by atoms with Crippen LogP contribution in [-0.4, -0.2) is 272 Å². The van der Waals surface area contributed by atoms with Gasteiger partial charge in [-0.2, -0.15) is 55.7 Å². The lowest BCUT2D eigenvalue weighted by Gasteiger charge is -2.16. The van der Waals surface area contributed by atoms with E-state index in [0.29, 0.717) is 51.2 Å². The summed E-state index contributed by atoms with van der Waals surface area (Å²) >= 11 is 0.333. The molecule has 0 bridgehead atoms. The molecule has 0 aromatic heterocycles. The van der Waals surface area contributed by atoms with Gasteiger partial charge in [-0.1, -0.05) is 44.0 Å². The third-order valence-corrected chi connectivity index (χ3v) is 27.5. The molecule has 1 fully saturated rings. The zero-order valence-electron chi connectivity index (χ0n) is 84.9. The summed E-state index contributed by atoms with van der Waals surface area (Å²) in [5.41, 5.74) is 0. The van der Waals surface area contributed by atoms with E-state index in [2.05, 4.69) is 62.8 Å². The Morgan fingerprint density at radius 1 is 0.383 bits per heavy atom. The SMILES string of the molecule is C.C=CCCOc1ccc(OCCCP(=O)(OC)OC)c(F)c1F.CC.COC(C)CCOc1ccc(OCCCP(=O)(OC)OC)c(F)c1F.COP(=O)(CCCOc1ccc(OCCC(C)[O][Al]([CH3])[CH3])c(F)c1F)OC.COP(=O)(CCCOc1ccc(OCCC2OCOO2)c(F)c1F)OC.COP(=O)(CCCOc1ccc(OCCC=O)c(F)c1F)OC.CSC.OOO.[CH3][Al]([CH3])[CH3].[CH3][Al]([CH3])[CH3]. The van der Waals surface area contributed by atoms with Crippen LogP contribution in [0, 0.1) is 58.2 Å². The van der Waals surface area contributed by atoms with E-state index in [1.54, 1.807) is 24.9 Å².